The second kappa shape index (κ2) is 13.5. The van der Waals surface area contributed by atoms with E-state index >= 15 is 0 Å². The number of aromatic nitrogens is 4. The minimum absolute atomic E-state index is 0.00273. The highest BCUT2D eigenvalue weighted by molar-refractivity contribution is 6.15. The standard InChI is InChI=1S/C41H45N9O6/c1-47(2)37(53)31-16-24-18-43-40(46-35(24)49(31)26-6-3-4-7-26)44-32-12-10-23(17-42-32)38-55-21-27(22-56-38)48-19-25(20-48)28-8-5-9-29-34(28)41(14-15-41)39(54)50(29)30-11-13-33(51)45-36(30)52/h5,8-10,12,16-18,25-27,30,38H,3-4,6-7,11,13-15,19-22H2,1-2H3,(H,45,51,52)(H,42,43,44,46). The number of pyridine rings is 1. The SMILES string of the molecule is CN(C)C(=O)c1cc2cnc(Nc3ccc(C4OCC(N5CC(c6cccc7c6C6(CC6)C(=O)N7C6CCC(=O)NC6=O)C5)CO4)cn3)nc2n1C1CCCC1. The van der Waals surface area contributed by atoms with Crippen LogP contribution in [-0.2, 0) is 29.3 Å². The molecule has 3 aromatic heterocycles. The van der Waals surface area contributed by atoms with Gasteiger partial charge in [0.15, 0.2) is 6.29 Å². The van der Waals surface area contributed by atoms with Crippen LogP contribution in [0.5, 0.6) is 0 Å². The molecule has 2 aliphatic carbocycles. The summed E-state index contributed by atoms with van der Waals surface area (Å²) in [6, 6.07) is 11.4. The lowest BCUT2D eigenvalue weighted by molar-refractivity contribution is -0.215. The molecule has 1 atom stereocenters. The zero-order valence-electron chi connectivity index (χ0n) is 31.6. The molecule has 2 saturated carbocycles. The van der Waals surface area contributed by atoms with Crippen LogP contribution in [0.3, 0.4) is 0 Å². The summed E-state index contributed by atoms with van der Waals surface area (Å²) >= 11 is 0. The number of piperidine rings is 1. The molecule has 5 fully saturated rings. The van der Waals surface area contributed by atoms with E-state index in [1.54, 1.807) is 36.3 Å². The van der Waals surface area contributed by atoms with Crippen molar-refractivity contribution in [1.29, 1.82) is 0 Å². The smallest absolute Gasteiger partial charge is 0.270 e. The number of nitrogens with one attached hydrogen (secondary N) is 2. The molecule has 3 saturated heterocycles. The Hall–Kier alpha value is -5.25. The van der Waals surface area contributed by atoms with Gasteiger partial charge in [-0.15, -0.1) is 0 Å². The summed E-state index contributed by atoms with van der Waals surface area (Å²) in [5.74, 6) is 0.532. The number of likely N-dealkylation sites (tertiary alicyclic amines) is 1. The molecule has 4 aliphatic heterocycles. The number of ether oxygens (including phenoxy) is 2. The molecule has 0 radical (unpaired) electrons. The maximum atomic E-state index is 13.8. The van der Waals surface area contributed by atoms with E-state index in [0.717, 1.165) is 79.5 Å². The molecule has 4 aromatic rings. The molecule has 10 rings (SSSR count). The fraction of sp³-hybridized carbons (Fsp3) is 0.488. The third-order valence-electron chi connectivity index (χ3n) is 12.6. The minimum atomic E-state index is -0.654. The van der Waals surface area contributed by atoms with Gasteiger partial charge in [-0.25, -0.2) is 9.97 Å². The minimum Gasteiger partial charge on any atom is -0.347 e. The molecule has 2 N–H and O–H groups in total. The maximum Gasteiger partial charge on any atom is 0.270 e. The van der Waals surface area contributed by atoms with Crippen LogP contribution in [0.2, 0.25) is 0 Å². The van der Waals surface area contributed by atoms with E-state index < -0.39 is 17.7 Å². The molecule has 56 heavy (non-hydrogen) atoms. The third kappa shape index (κ3) is 5.77. The Labute approximate surface area is 323 Å². The number of rotatable bonds is 8. The number of carbonyl (C=O) groups excluding carboxylic acids is 4. The van der Waals surface area contributed by atoms with Gasteiger partial charge in [0, 0.05) is 74.6 Å². The lowest BCUT2D eigenvalue weighted by Crippen LogP contribution is -2.55. The van der Waals surface area contributed by atoms with Crippen LogP contribution in [0, 0.1) is 0 Å². The highest BCUT2D eigenvalue weighted by Crippen LogP contribution is 2.60. The van der Waals surface area contributed by atoms with Crippen LogP contribution in [-0.4, -0.2) is 105 Å². The van der Waals surface area contributed by atoms with Gasteiger partial charge < -0.3 is 24.3 Å². The number of hydrogen-bond acceptors (Lipinski definition) is 11. The third-order valence-corrected chi connectivity index (χ3v) is 12.6. The van der Waals surface area contributed by atoms with Crippen LogP contribution >= 0.6 is 0 Å². The van der Waals surface area contributed by atoms with Crippen molar-refractivity contribution in [2.75, 3.05) is 50.6 Å². The van der Waals surface area contributed by atoms with E-state index in [9.17, 15) is 19.2 Å². The van der Waals surface area contributed by atoms with Crippen molar-refractivity contribution in [1.82, 2.24) is 34.6 Å². The Bertz CT molecular complexity index is 2250. The Morgan fingerprint density at radius 1 is 0.964 bits per heavy atom. The number of anilines is 3. The van der Waals surface area contributed by atoms with Crippen LogP contribution in [0.25, 0.3) is 11.0 Å². The van der Waals surface area contributed by atoms with Gasteiger partial charge in [0.05, 0.1) is 24.7 Å². The van der Waals surface area contributed by atoms with Crippen molar-refractivity contribution in [3.05, 3.63) is 71.2 Å². The lowest BCUT2D eigenvalue weighted by atomic mass is 9.82. The first-order valence-corrected chi connectivity index (χ1v) is 19.8. The number of benzene rings is 1. The number of nitrogens with zero attached hydrogens (tertiary/aromatic N) is 7. The first kappa shape index (κ1) is 35.2. The maximum absolute atomic E-state index is 13.8. The molecule has 290 valence electrons. The normalized spacial score (nSPS) is 25.1. The monoisotopic (exact) mass is 759 g/mol. The summed E-state index contributed by atoms with van der Waals surface area (Å²) in [4.78, 5) is 71.2. The van der Waals surface area contributed by atoms with Gasteiger partial charge in [0.1, 0.15) is 23.2 Å². The van der Waals surface area contributed by atoms with Gasteiger partial charge in [-0.2, -0.15) is 4.98 Å². The number of imide groups is 1. The van der Waals surface area contributed by atoms with Crippen molar-refractivity contribution < 1.29 is 28.7 Å². The average molecular weight is 760 g/mol. The predicted octanol–water partition coefficient (Wildman–Crippen LogP) is 4.08. The van der Waals surface area contributed by atoms with Gasteiger partial charge in [-0.05, 0) is 67.5 Å². The Morgan fingerprint density at radius 2 is 1.75 bits per heavy atom. The molecule has 6 aliphatic rings. The predicted molar refractivity (Wildman–Crippen MR) is 204 cm³/mol. The zero-order valence-corrected chi connectivity index (χ0v) is 31.6. The first-order valence-electron chi connectivity index (χ1n) is 19.8. The quantitative estimate of drug-likeness (QED) is 0.249. The fourth-order valence-electron chi connectivity index (χ4n) is 9.52. The summed E-state index contributed by atoms with van der Waals surface area (Å²) in [6.07, 6.45) is 9.42. The van der Waals surface area contributed by atoms with Gasteiger partial charge in [0.2, 0.25) is 23.7 Å². The zero-order chi connectivity index (χ0) is 38.3. The second-order valence-corrected chi connectivity index (χ2v) is 16.4. The van der Waals surface area contributed by atoms with Crippen molar-refractivity contribution in [2.24, 2.45) is 0 Å². The van der Waals surface area contributed by atoms with Gasteiger partial charge in [-0.3, -0.25) is 34.3 Å². The van der Waals surface area contributed by atoms with Gasteiger partial charge >= 0.3 is 0 Å². The van der Waals surface area contributed by atoms with Crippen molar-refractivity contribution in [2.45, 2.75) is 87.1 Å². The highest BCUT2D eigenvalue weighted by Gasteiger charge is 2.62. The van der Waals surface area contributed by atoms with E-state index in [1.165, 1.54) is 5.56 Å². The lowest BCUT2D eigenvalue weighted by Gasteiger charge is -2.47. The van der Waals surface area contributed by atoms with Crippen molar-refractivity contribution in [3.63, 3.8) is 0 Å². The Kier molecular flexibility index (Phi) is 8.45. The van der Waals surface area contributed by atoms with Crippen molar-refractivity contribution >= 4 is 52.1 Å². The summed E-state index contributed by atoms with van der Waals surface area (Å²) in [5.41, 5.74) is 4.75. The fourth-order valence-corrected chi connectivity index (χ4v) is 9.52. The van der Waals surface area contributed by atoms with E-state index in [-0.39, 0.29) is 48.1 Å². The molecular formula is C41H45N9O6. The summed E-state index contributed by atoms with van der Waals surface area (Å²) < 4.78 is 14.5. The molecule has 15 heteroatoms. The van der Waals surface area contributed by atoms with Gasteiger partial charge in [-0.1, -0.05) is 25.0 Å². The van der Waals surface area contributed by atoms with Gasteiger partial charge in [0.25, 0.3) is 5.91 Å². The number of carbonyl (C=O) groups is 4. The second-order valence-electron chi connectivity index (χ2n) is 16.4. The molecule has 4 amide bonds. The molecule has 1 aromatic carbocycles. The Balaban J connectivity index is 0.771. The van der Waals surface area contributed by atoms with E-state index in [0.29, 0.717) is 37.1 Å². The summed E-state index contributed by atoms with van der Waals surface area (Å²) in [7, 11) is 3.53. The number of amides is 4. The van der Waals surface area contributed by atoms with Crippen LogP contribution < -0.4 is 15.5 Å². The van der Waals surface area contributed by atoms with E-state index in [1.807, 2.05) is 30.3 Å². The molecule has 1 unspecified atom stereocenters. The summed E-state index contributed by atoms with van der Waals surface area (Å²) in [6.45, 7) is 2.69. The first-order chi connectivity index (χ1) is 27.2. The topological polar surface area (TPSA) is 164 Å². The number of hydrogen-bond donors (Lipinski definition) is 2. The van der Waals surface area contributed by atoms with Crippen LogP contribution in [0.4, 0.5) is 17.5 Å². The van der Waals surface area contributed by atoms with Crippen LogP contribution in [0.1, 0.15) is 96.8 Å². The largest absolute Gasteiger partial charge is 0.347 e. The molecule has 1 spiro atoms. The van der Waals surface area contributed by atoms with E-state index in [2.05, 4.69) is 36.1 Å². The van der Waals surface area contributed by atoms with Crippen molar-refractivity contribution in [3.8, 4) is 0 Å². The van der Waals surface area contributed by atoms with Crippen LogP contribution in [0.15, 0.2) is 48.8 Å². The van der Waals surface area contributed by atoms with E-state index in [4.69, 9.17) is 14.5 Å². The number of fused-ring (bicyclic) bond motifs is 3. The highest BCUT2D eigenvalue weighted by atomic mass is 16.7. The average Bonchev–Trinajstić information content (AvgIpc) is 3.51. The molecule has 15 nitrogen and oxygen atoms in total. The Morgan fingerprint density at radius 3 is 2.45 bits per heavy atom. The summed E-state index contributed by atoms with van der Waals surface area (Å²) in [5, 5.41) is 6.49. The molecule has 0 bridgehead atoms. The molecular weight excluding hydrogens is 715 g/mol. The molecule has 7 heterocycles.